The van der Waals surface area contributed by atoms with Gasteiger partial charge in [0, 0.05) is 25.0 Å². The van der Waals surface area contributed by atoms with Crippen LogP contribution < -0.4 is 5.32 Å². The highest BCUT2D eigenvalue weighted by molar-refractivity contribution is 7.90. The number of benzene rings is 1. The molecule has 1 rings (SSSR count). The molecule has 1 atom stereocenters. The second-order valence-corrected chi connectivity index (χ2v) is 6.64. The van der Waals surface area contributed by atoms with Crippen molar-refractivity contribution in [3.05, 3.63) is 28.8 Å². The van der Waals surface area contributed by atoms with E-state index in [4.69, 9.17) is 16.3 Å². The van der Waals surface area contributed by atoms with E-state index in [2.05, 4.69) is 5.32 Å². The SMILES string of the molecule is COC[C@H](C)NC(=O)c1ccc(Cl)c(S(C)(=O)=O)c1. The molecule has 0 fully saturated rings. The third-order valence-corrected chi connectivity index (χ3v) is 3.97. The van der Waals surface area contributed by atoms with E-state index in [1.807, 2.05) is 0 Å². The first kappa shape index (κ1) is 15.9. The van der Waals surface area contributed by atoms with Crippen molar-refractivity contribution in [2.75, 3.05) is 20.0 Å². The van der Waals surface area contributed by atoms with Gasteiger partial charge in [0.25, 0.3) is 5.91 Å². The third kappa shape index (κ3) is 4.49. The number of amides is 1. The van der Waals surface area contributed by atoms with Crippen molar-refractivity contribution in [2.45, 2.75) is 17.9 Å². The van der Waals surface area contributed by atoms with Crippen molar-refractivity contribution in [1.29, 1.82) is 0 Å². The van der Waals surface area contributed by atoms with Crippen molar-refractivity contribution in [3.8, 4) is 0 Å². The van der Waals surface area contributed by atoms with E-state index in [0.29, 0.717) is 6.61 Å². The summed E-state index contributed by atoms with van der Waals surface area (Å²) in [5.41, 5.74) is 0.243. The number of methoxy groups -OCH3 is 1. The molecule has 1 amide bonds. The maximum Gasteiger partial charge on any atom is 0.251 e. The van der Waals surface area contributed by atoms with Crippen LogP contribution in [0.1, 0.15) is 17.3 Å². The van der Waals surface area contributed by atoms with Crippen LogP contribution >= 0.6 is 11.6 Å². The summed E-state index contributed by atoms with van der Waals surface area (Å²) in [7, 11) is -1.93. The molecule has 0 radical (unpaired) electrons. The molecule has 0 aliphatic rings. The van der Waals surface area contributed by atoms with Crippen LogP contribution in [0.15, 0.2) is 23.1 Å². The van der Waals surface area contributed by atoms with Gasteiger partial charge in [0.1, 0.15) is 0 Å². The highest BCUT2D eigenvalue weighted by Crippen LogP contribution is 2.22. The van der Waals surface area contributed by atoms with E-state index in [9.17, 15) is 13.2 Å². The molecule has 0 saturated carbocycles. The zero-order chi connectivity index (χ0) is 14.6. The predicted octanol–water partition coefficient (Wildman–Crippen LogP) is 1.51. The molecule has 0 unspecified atom stereocenters. The molecule has 5 nitrogen and oxygen atoms in total. The van der Waals surface area contributed by atoms with Gasteiger partial charge >= 0.3 is 0 Å². The molecule has 7 heteroatoms. The Morgan fingerprint density at radius 3 is 2.63 bits per heavy atom. The van der Waals surface area contributed by atoms with Crippen molar-refractivity contribution in [2.24, 2.45) is 0 Å². The first-order chi connectivity index (χ1) is 8.75. The predicted molar refractivity (Wildman–Crippen MR) is 73.4 cm³/mol. The van der Waals surface area contributed by atoms with Gasteiger partial charge in [-0.1, -0.05) is 11.6 Å². The summed E-state index contributed by atoms with van der Waals surface area (Å²) < 4.78 is 27.9. The van der Waals surface area contributed by atoms with Gasteiger partial charge in [0.15, 0.2) is 9.84 Å². The molecule has 0 aliphatic carbocycles. The molecule has 1 aromatic carbocycles. The molecular formula is C12H16ClNO4S. The summed E-state index contributed by atoms with van der Waals surface area (Å²) in [5.74, 6) is -0.369. The lowest BCUT2D eigenvalue weighted by molar-refractivity contribution is 0.0905. The van der Waals surface area contributed by atoms with Crippen LogP contribution in [0.3, 0.4) is 0 Å². The van der Waals surface area contributed by atoms with Gasteiger partial charge in [-0.3, -0.25) is 4.79 Å². The third-order valence-electron chi connectivity index (χ3n) is 2.39. The zero-order valence-electron chi connectivity index (χ0n) is 10.9. The van der Waals surface area contributed by atoms with Crippen LogP contribution in [-0.2, 0) is 14.6 Å². The van der Waals surface area contributed by atoms with Gasteiger partial charge in [-0.05, 0) is 25.1 Å². The van der Waals surface area contributed by atoms with Crippen molar-refractivity contribution >= 4 is 27.3 Å². The molecule has 19 heavy (non-hydrogen) atoms. The standard InChI is InChI=1S/C12H16ClNO4S/c1-8(7-18-2)14-12(15)9-4-5-10(13)11(6-9)19(3,16)17/h4-6,8H,7H2,1-3H3,(H,14,15)/t8-/m0/s1. The first-order valence-corrected chi connectivity index (χ1v) is 7.82. The minimum atomic E-state index is -3.46. The average Bonchev–Trinajstić information content (AvgIpc) is 2.27. The number of nitrogens with one attached hydrogen (secondary N) is 1. The van der Waals surface area contributed by atoms with E-state index in [0.717, 1.165) is 6.26 Å². The van der Waals surface area contributed by atoms with Crippen LogP contribution in [0.2, 0.25) is 5.02 Å². The molecule has 0 bridgehead atoms. The second-order valence-electron chi connectivity index (χ2n) is 4.25. The number of hydrogen-bond acceptors (Lipinski definition) is 4. The van der Waals surface area contributed by atoms with Crippen LogP contribution in [0.5, 0.6) is 0 Å². The Morgan fingerprint density at radius 2 is 2.11 bits per heavy atom. The summed E-state index contributed by atoms with van der Waals surface area (Å²) in [6.07, 6.45) is 1.05. The molecule has 0 spiro atoms. The number of rotatable bonds is 5. The van der Waals surface area contributed by atoms with Gasteiger partial charge in [-0.25, -0.2) is 8.42 Å². The summed E-state index contributed by atoms with van der Waals surface area (Å²) in [6, 6.07) is 3.97. The normalized spacial score (nSPS) is 13.1. The fourth-order valence-corrected chi connectivity index (χ4v) is 2.83. The molecule has 0 aromatic heterocycles. The molecule has 1 aromatic rings. The molecule has 0 saturated heterocycles. The Bertz CT molecular complexity index is 571. The Kier molecular flexibility index (Phi) is 5.34. The number of halogens is 1. The molecule has 0 aliphatic heterocycles. The smallest absolute Gasteiger partial charge is 0.251 e. The Hall–Kier alpha value is -1.11. The van der Waals surface area contributed by atoms with Crippen LogP contribution in [-0.4, -0.2) is 40.3 Å². The Balaban J connectivity index is 3.00. The van der Waals surface area contributed by atoms with E-state index < -0.39 is 9.84 Å². The zero-order valence-corrected chi connectivity index (χ0v) is 12.5. The number of carbonyl (C=O) groups excluding carboxylic acids is 1. The highest BCUT2D eigenvalue weighted by atomic mass is 35.5. The van der Waals surface area contributed by atoms with E-state index >= 15 is 0 Å². The van der Waals surface area contributed by atoms with Crippen LogP contribution in [0.25, 0.3) is 0 Å². The molecule has 0 heterocycles. The van der Waals surface area contributed by atoms with Gasteiger partial charge in [-0.15, -0.1) is 0 Å². The number of hydrogen-bond donors (Lipinski definition) is 1. The van der Waals surface area contributed by atoms with Crippen molar-refractivity contribution in [1.82, 2.24) is 5.32 Å². The van der Waals surface area contributed by atoms with E-state index in [1.54, 1.807) is 6.92 Å². The van der Waals surface area contributed by atoms with Crippen LogP contribution in [0.4, 0.5) is 0 Å². The molecular weight excluding hydrogens is 290 g/mol. The lowest BCUT2D eigenvalue weighted by atomic mass is 10.2. The largest absolute Gasteiger partial charge is 0.383 e. The van der Waals surface area contributed by atoms with Crippen molar-refractivity contribution < 1.29 is 17.9 Å². The van der Waals surface area contributed by atoms with E-state index in [1.165, 1.54) is 25.3 Å². The summed E-state index contributed by atoms with van der Waals surface area (Å²) >= 11 is 5.81. The van der Waals surface area contributed by atoms with Gasteiger partial charge < -0.3 is 10.1 Å². The monoisotopic (exact) mass is 305 g/mol. The fourth-order valence-electron chi connectivity index (χ4n) is 1.53. The Morgan fingerprint density at radius 1 is 1.47 bits per heavy atom. The maximum absolute atomic E-state index is 11.9. The quantitative estimate of drug-likeness (QED) is 0.895. The van der Waals surface area contributed by atoms with Gasteiger partial charge in [-0.2, -0.15) is 0 Å². The van der Waals surface area contributed by atoms with Crippen LogP contribution in [0, 0.1) is 0 Å². The minimum absolute atomic E-state index is 0.0544. The average molecular weight is 306 g/mol. The second kappa shape index (κ2) is 6.36. The van der Waals surface area contributed by atoms with E-state index in [-0.39, 0.29) is 27.4 Å². The van der Waals surface area contributed by atoms with Crippen molar-refractivity contribution in [3.63, 3.8) is 0 Å². The maximum atomic E-state index is 11.9. The Labute approximate surface area is 117 Å². The van der Waals surface area contributed by atoms with Gasteiger partial charge in [0.05, 0.1) is 16.5 Å². The lowest BCUT2D eigenvalue weighted by Crippen LogP contribution is -2.35. The summed E-state index contributed by atoms with van der Waals surface area (Å²) in [6.45, 7) is 2.16. The minimum Gasteiger partial charge on any atom is -0.383 e. The topological polar surface area (TPSA) is 72.5 Å². The molecule has 106 valence electrons. The van der Waals surface area contributed by atoms with Gasteiger partial charge in [0.2, 0.25) is 0 Å². The molecule has 1 N–H and O–H groups in total. The highest BCUT2D eigenvalue weighted by Gasteiger charge is 2.16. The number of carbonyl (C=O) groups is 1. The summed E-state index contributed by atoms with van der Waals surface area (Å²) in [5, 5.41) is 2.79. The number of ether oxygens (including phenoxy) is 1. The number of sulfone groups is 1. The first-order valence-electron chi connectivity index (χ1n) is 5.55. The summed E-state index contributed by atoms with van der Waals surface area (Å²) in [4.78, 5) is 11.9. The lowest BCUT2D eigenvalue weighted by Gasteiger charge is -2.13. The fraction of sp³-hybridized carbons (Fsp3) is 0.417.